The van der Waals surface area contributed by atoms with Gasteiger partial charge in [-0.05, 0) is 37.9 Å². The lowest BCUT2D eigenvalue weighted by Gasteiger charge is -2.17. The van der Waals surface area contributed by atoms with E-state index in [9.17, 15) is 0 Å². The van der Waals surface area contributed by atoms with E-state index in [-0.39, 0.29) is 0 Å². The SMILES string of the molecule is COc1ccc(Br)c(CC2CCCN2)c1OC. The van der Waals surface area contributed by atoms with Crippen molar-refractivity contribution < 1.29 is 9.47 Å². The van der Waals surface area contributed by atoms with E-state index in [4.69, 9.17) is 9.47 Å². The van der Waals surface area contributed by atoms with Crippen LogP contribution in [0.4, 0.5) is 0 Å². The largest absolute Gasteiger partial charge is 0.493 e. The van der Waals surface area contributed by atoms with Gasteiger partial charge in [-0.15, -0.1) is 0 Å². The molecular formula is C13H18BrNO2. The van der Waals surface area contributed by atoms with Crippen LogP contribution in [0.25, 0.3) is 0 Å². The van der Waals surface area contributed by atoms with Gasteiger partial charge in [0.05, 0.1) is 14.2 Å². The molecule has 1 heterocycles. The summed E-state index contributed by atoms with van der Waals surface area (Å²) in [5.41, 5.74) is 1.19. The summed E-state index contributed by atoms with van der Waals surface area (Å²) in [5, 5.41) is 3.50. The Morgan fingerprint density at radius 3 is 2.76 bits per heavy atom. The molecule has 3 nitrogen and oxygen atoms in total. The normalized spacial score (nSPS) is 19.4. The van der Waals surface area contributed by atoms with Crippen LogP contribution in [0.5, 0.6) is 11.5 Å². The summed E-state index contributed by atoms with van der Waals surface area (Å²) in [7, 11) is 3.36. The summed E-state index contributed by atoms with van der Waals surface area (Å²) < 4.78 is 11.9. The van der Waals surface area contributed by atoms with Crippen molar-refractivity contribution in [2.45, 2.75) is 25.3 Å². The zero-order valence-corrected chi connectivity index (χ0v) is 11.8. The standard InChI is InChI=1S/C13H18BrNO2/c1-16-12-6-5-11(14)10(13(12)17-2)8-9-4-3-7-15-9/h5-6,9,15H,3-4,7-8H2,1-2H3. The van der Waals surface area contributed by atoms with Crippen molar-refractivity contribution in [1.82, 2.24) is 5.32 Å². The van der Waals surface area contributed by atoms with Gasteiger partial charge < -0.3 is 14.8 Å². The summed E-state index contributed by atoms with van der Waals surface area (Å²) in [6, 6.07) is 4.49. The first-order chi connectivity index (χ1) is 8.26. The van der Waals surface area contributed by atoms with Crippen LogP contribution in [0.15, 0.2) is 16.6 Å². The molecule has 0 aromatic heterocycles. The third-order valence-electron chi connectivity index (χ3n) is 3.20. The lowest BCUT2D eigenvalue weighted by atomic mass is 10.0. The maximum atomic E-state index is 5.48. The maximum absolute atomic E-state index is 5.48. The zero-order valence-electron chi connectivity index (χ0n) is 10.3. The molecule has 0 bridgehead atoms. The molecule has 17 heavy (non-hydrogen) atoms. The highest BCUT2D eigenvalue weighted by molar-refractivity contribution is 9.10. The second kappa shape index (κ2) is 5.74. The van der Waals surface area contributed by atoms with Gasteiger partial charge in [0.2, 0.25) is 0 Å². The van der Waals surface area contributed by atoms with Crippen molar-refractivity contribution in [2.75, 3.05) is 20.8 Å². The van der Waals surface area contributed by atoms with Crippen LogP contribution in [0.3, 0.4) is 0 Å². The summed E-state index contributed by atoms with van der Waals surface area (Å²) in [4.78, 5) is 0. The Bertz CT molecular complexity index is 389. The fraction of sp³-hybridized carbons (Fsp3) is 0.538. The first-order valence-corrected chi connectivity index (χ1v) is 6.68. The van der Waals surface area contributed by atoms with Gasteiger partial charge in [0.25, 0.3) is 0 Å². The molecule has 0 aliphatic carbocycles. The third-order valence-corrected chi connectivity index (χ3v) is 3.95. The molecule has 4 heteroatoms. The fourth-order valence-corrected chi connectivity index (χ4v) is 2.81. The van der Waals surface area contributed by atoms with Crippen molar-refractivity contribution in [3.63, 3.8) is 0 Å². The fourth-order valence-electron chi connectivity index (χ4n) is 2.33. The predicted octanol–water partition coefficient (Wildman–Crippen LogP) is 2.76. The molecule has 0 amide bonds. The molecule has 1 unspecified atom stereocenters. The third kappa shape index (κ3) is 2.75. The van der Waals surface area contributed by atoms with Crippen molar-refractivity contribution in [2.24, 2.45) is 0 Å². The quantitative estimate of drug-likeness (QED) is 0.927. The molecule has 1 fully saturated rings. The van der Waals surface area contributed by atoms with Gasteiger partial charge in [-0.3, -0.25) is 0 Å². The number of benzene rings is 1. The number of hydrogen-bond donors (Lipinski definition) is 1. The minimum atomic E-state index is 0.548. The van der Waals surface area contributed by atoms with E-state index in [1.54, 1.807) is 14.2 Å². The molecule has 1 saturated heterocycles. The summed E-state index contributed by atoms with van der Waals surface area (Å²) in [6.07, 6.45) is 3.46. The predicted molar refractivity (Wildman–Crippen MR) is 72.0 cm³/mol. The van der Waals surface area contributed by atoms with E-state index in [2.05, 4.69) is 21.2 Å². The van der Waals surface area contributed by atoms with E-state index >= 15 is 0 Å². The number of nitrogens with one attached hydrogen (secondary N) is 1. The molecule has 1 aromatic rings. The van der Waals surface area contributed by atoms with Crippen LogP contribution in [-0.4, -0.2) is 26.8 Å². The lowest BCUT2D eigenvalue weighted by Crippen LogP contribution is -2.24. The Hall–Kier alpha value is -0.740. The minimum Gasteiger partial charge on any atom is -0.493 e. The van der Waals surface area contributed by atoms with Crippen LogP contribution >= 0.6 is 15.9 Å². The Morgan fingerprint density at radius 2 is 2.18 bits per heavy atom. The van der Waals surface area contributed by atoms with Crippen molar-refractivity contribution >= 4 is 15.9 Å². The van der Waals surface area contributed by atoms with E-state index in [0.29, 0.717) is 6.04 Å². The highest BCUT2D eigenvalue weighted by Crippen LogP contribution is 2.37. The number of halogens is 1. The molecule has 0 saturated carbocycles. The number of methoxy groups -OCH3 is 2. The Kier molecular flexibility index (Phi) is 4.29. The van der Waals surface area contributed by atoms with Crippen molar-refractivity contribution in [1.29, 1.82) is 0 Å². The molecule has 1 aliphatic heterocycles. The Labute approximate surface area is 111 Å². The van der Waals surface area contributed by atoms with Gasteiger partial charge >= 0.3 is 0 Å². The van der Waals surface area contributed by atoms with Crippen molar-refractivity contribution in [3.8, 4) is 11.5 Å². The van der Waals surface area contributed by atoms with Crippen LogP contribution in [0, 0.1) is 0 Å². The molecule has 1 atom stereocenters. The zero-order chi connectivity index (χ0) is 12.3. The van der Waals surface area contributed by atoms with Gasteiger partial charge in [-0.25, -0.2) is 0 Å². The van der Waals surface area contributed by atoms with E-state index < -0.39 is 0 Å². The number of hydrogen-bond acceptors (Lipinski definition) is 3. The monoisotopic (exact) mass is 299 g/mol. The Balaban J connectivity index is 2.29. The van der Waals surface area contributed by atoms with Crippen LogP contribution < -0.4 is 14.8 Å². The molecule has 1 aliphatic rings. The molecule has 0 radical (unpaired) electrons. The van der Waals surface area contributed by atoms with Gasteiger partial charge in [0, 0.05) is 16.1 Å². The molecular weight excluding hydrogens is 282 g/mol. The van der Waals surface area contributed by atoms with Crippen molar-refractivity contribution in [3.05, 3.63) is 22.2 Å². The van der Waals surface area contributed by atoms with Crippen LogP contribution in [0.2, 0.25) is 0 Å². The van der Waals surface area contributed by atoms with E-state index in [0.717, 1.165) is 28.9 Å². The van der Waals surface area contributed by atoms with Gasteiger partial charge in [0.1, 0.15) is 0 Å². The summed E-state index contributed by atoms with van der Waals surface area (Å²) in [6.45, 7) is 1.12. The molecule has 2 rings (SSSR count). The number of rotatable bonds is 4. The van der Waals surface area contributed by atoms with Gasteiger partial charge in [0.15, 0.2) is 11.5 Å². The molecule has 1 N–H and O–H groups in total. The number of ether oxygens (including phenoxy) is 2. The second-order valence-electron chi connectivity index (χ2n) is 4.26. The molecule has 94 valence electrons. The smallest absolute Gasteiger partial charge is 0.165 e. The highest BCUT2D eigenvalue weighted by Gasteiger charge is 2.20. The minimum absolute atomic E-state index is 0.548. The second-order valence-corrected chi connectivity index (χ2v) is 5.11. The topological polar surface area (TPSA) is 30.5 Å². The average molecular weight is 300 g/mol. The van der Waals surface area contributed by atoms with E-state index in [1.807, 2.05) is 12.1 Å². The lowest BCUT2D eigenvalue weighted by molar-refractivity contribution is 0.350. The maximum Gasteiger partial charge on any atom is 0.165 e. The summed E-state index contributed by atoms with van der Waals surface area (Å²) in [5.74, 6) is 1.64. The first kappa shape index (κ1) is 12.7. The summed E-state index contributed by atoms with van der Waals surface area (Å²) >= 11 is 3.60. The Morgan fingerprint density at radius 1 is 1.35 bits per heavy atom. The van der Waals surface area contributed by atoms with Crippen LogP contribution in [0.1, 0.15) is 18.4 Å². The van der Waals surface area contributed by atoms with Gasteiger partial charge in [-0.2, -0.15) is 0 Å². The van der Waals surface area contributed by atoms with E-state index in [1.165, 1.54) is 18.4 Å². The average Bonchev–Trinajstić information content (AvgIpc) is 2.84. The van der Waals surface area contributed by atoms with Gasteiger partial charge in [-0.1, -0.05) is 15.9 Å². The first-order valence-electron chi connectivity index (χ1n) is 5.89. The highest BCUT2D eigenvalue weighted by atomic mass is 79.9. The molecule has 0 spiro atoms. The molecule has 1 aromatic carbocycles. The van der Waals surface area contributed by atoms with Crippen LogP contribution in [-0.2, 0) is 6.42 Å².